The molecule has 1 amide bonds. The molecule has 31 heavy (non-hydrogen) atoms. The molecule has 166 valence electrons. The number of piperazine rings is 2. The van der Waals surface area contributed by atoms with Gasteiger partial charge in [0.2, 0.25) is 10.0 Å². The summed E-state index contributed by atoms with van der Waals surface area (Å²) >= 11 is 0. The molecule has 8 heteroatoms. The van der Waals surface area contributed by atoms with Gasteiger partial charge in [0.25, 0.3) is 5.91 Å². The monoisotopic (exact) mass is 443 g/mol. The molecule has 2 aromatic carbocycles. The molecule has 0 N–H and O–H groups in total. The predicted molar refractivity (Wildman–Crippen MR) is 119 cm³/mol. The second-order valence-corrected chi connectivity index (χ2v) is 10.7. The highest BCUT2D eigenvalue weighted by Gasteiger charge is 2.46. The topological polar surface area (TPSA) is 70.2 Å². The zero-order valence-corrected chi connectivity index (χ0v) is 19.0. The standard InChI is InChI=1S/C23H29N3O4S/c1-23(2)17-25(31(28,29)19-9-5-4-6-10-19)16-18-15-24(13-14-26(18)23)22(27)20-11-7-8-12-21(20)30-3/h4-12,18H,13-17H2,1-3H3. The van der Waals surface area contributed by atoms with Crippen LogP contribution in [0.5, 0.6) is 5.75 Å². The number of para-hydroxylation sites is 1. The molecule has 0 spiro atoms. The molecule has 7 nitrogen and oxygen atoms in total. The summed E-state index contributed by atoms with van der Waals surface area (Å²) in [6, 6.07) is 15.7. The van der Waals surface area contributed by atoms with Gasteiger partial charge in [0.05, 0.1) is 17.6 Å². The number of amides is 1. The van der Waals surface area contributed by atoms with Crippen molar-refractivity contribution in [1.29, 1.82) is 0 Å². The third-order valence-corrected chi connectivity index (χ3v) is 8.07. The maximum atomic E-state index is 13.3. The quantitative estimate of drug-likeness (QED) is 0.725. The number of carbonyl (C=O) groups is 1. The number of carbonyl (C=O) groups excluding carboxylic acids is 1. The van der Waals surface area contributed by atoms with Gasteiger partial charge < -0.3 is 9.64 Å². The summed E-state index contributed by atoms with van der Waals surface area (Å²) in [6.07, 6.45) is 0. The number of fused-ring (bicyclic) bond motifs is 1. The molecule has 2 heterocycles. The number of hydrogen-bond acceptors (Lipinski definition) is 5. The van der Waals surface area contributed by atoms with Crippen molar-refractivity contribution in [3.63, 3.8) is 0 Å². The average molecular weight is 444 g/mol. The molecule has 0 aromatic heterocycles. The Kier molecular flexibility index (Phi) is 5.81. The molecule has 0 aliphatic carbocycles. The zero-order chi connectivity index (χ0) is 22.2. The first kappa shape index (κ1) is 21.8. The third kappa shape index (κ3) is 4.07. The van der Waals surface area contributed by atoms with Crippen LogP contribution in [-0.2, 0) is 10.0 Å². The summed E-state index contributed by atoms with van der Waals surface area (Å²) in [4.78, 5) is 17.7. The van der Waals surface area contributed by atoms with Crippen LogP contribution in [0.15, 0.2) is 59.5 Å². The number of benzene rings is 2. The Balaban J connectivity index is 1.58. The Morgan fingerprint density at radius 3 is 2.39 bits per heavy atom. The maximum Gasteiger partial charge on any atom is 0.257 e. The summed E-state index contributed by atoms with van der Waals surface area (Å²) in [5.74, 6) is 0.463. The molecule has 2 aromatic rings. The first-order chi connectivity index (χ1) is 14.7. The van der Waals surface area contributed by atoms with Crippen molar-refractivity contribution in [3.8, 4) is 5.75 Å². The molecule has 2 fully saturated rings. The van der Waals surface area contributed by atoms with Crippen molar-refractivity contribution >= 4 is 15.9 Å². The van der Waals surface area contributed by atoms with E-state index in [2.05, 4.69) is 18.7 Å². The molecule has 0 saturated carbocycles. The highest BCUT2D eigenvalue weighted by atomic mass is 32.2. The molecule has 0 bridgehead atoms. The lowest BCUT2D eigenvalue weighted by molar-refractivity contribution is -0.0374. The van der Waals surface area contributed by atoms with Gasteiger partial charge in [-0.15, -0.1) is 0 Å². The van der Waals surface area contributed by atoms with Crippen LogP contribution < -0.4 is 4.74 Å². The fourth-order valence-corrected chi connectivity index (χ4v) is 6.38. The van der Waals surface area contributed by atoms with E-state index in [-0.39, 0.29) is 17.5 Å². The lowest BCUT2D eigenvalue weighted by Crippen LogP contribution is -2.70. The van der Waals surface area contributed by atoms with Crippen molar-refractivity contribution in [2.24, 2.45) is 0 Å². The van der Waals surface area contributed by atoms with E-state index in [0.717, 1.165) is 0 Å². The van der Waals surface area contributed by atoms with Crippen LogP contribution in [-0.4, -0.2) is 79.8 Å². The van der Waals surface area contributed by atoms with Crippen LogP contribution in [0.1, 0.15) is 24.2 Å². The SMILES string of the molecule is COc1ccccc1C(=O)N1CCN2C(C1)CN(S(=O)(=O)c1ccccc1)CC2(C)C. The lowest BCUT2D eigenvalue weighted by Gasteiger charge is -2.55. The molecule has 1 unspecified atom stereocenters. The number of rotatable bonds is 4. The second-order valence-electron chi connectivity index (χ2n) is 8.72. The van der Waals surface area contributed by atoms with Crippen LogP contribution >= 0.6 is 0 Å². The fraction of sp³-hybridized carbons (Fsp3) is 0.435. The molecule has 4 rings (SSSR count). The van der Waals surface area contributed by atoms with E-state index in [1.54, 1.807) is 47.8 Å². The first-order valence-corrected chi connectivity index (χ1v) is 11.9. The minimum atomic E-state index is -3.60. The van der Waals surface area contributed by atoms with E-state index >= 15 is 0 Å². The number of nitrogens with zero attached hydrogens (tertiary/aromatic N) is 3. The largest absolute Gasteiger partial charge is 0.496 e. The zero-order valence-electron chi connectivity index (χ0n) is 18.2. The Hall–Kier alpha value is -2.42. The lowest BCUT2D eigenvalue weighted by atomic mass is 9.94. The van der Waals surface area contributed by atoms with Crippen LogP contribution in [0.4, 0.5) is 0 Å². The summed E-state index contributed by atoms with van der Waals surface area (Å²) in [7, 11) is -2.05. The summed E-state index contributed by atoms with van der Waals surface area (Å²) in [5.41, 5.74) is 0.201. The van der Waals surface area contributed by atoms with E-state index in [4.69, 9.17) is 4.74 Å². The van der Waals surface area contributed by atoms with Gasteiger partial charge in [-0.25, -0.2) is 8.42 Å². The Bertz CT molecular complexity index is 1060. The van der Waals surface area contributed by atoms with Gasteiger partial charge in [0.1, 0.15) is 5.75 Å². The number of sulfonamides is 1. The van der Waals surface area contributed by atoms with Gasteiger partial charge in [-0.1, -0.05) is 30.3 Å². The molecule has 1 atom stereocenters. The third-order valence-electron chi connectivity index (χ3n) is 6.24. The summed E-state index contributed by atoms with van der Waals surface area (Å²) in [5, 5.41) is 0. The minimum Gasteiger partial charge on any atom is -0.496 e. The molecule has 2 saturated heterocycles. The number of ether oxygens (including phenoxy) is 1. The van der Waals surface area contributed by atoms with Crippen LogP contribution in [0, 0.1) is 0 Å². The normalized spacial score (nSPS) is 22.0. The van der Waals surface area contributed by atoms with Crippen molar-refractivity contribution < 1.29 is 17.9 Å². The first-order valence-electron chi connectivity index (χ1n) is 10.5. The molecular formula is C23H29N3O4S. The smallest absolute Gasteiger partial charge is 0.257 e. The van der Waals surface area contributed by atoms with Crippen molar-refractivity contribution in [1.82, 2.24) is 14.1 Å². The second kappa shape index (κ2) is 8.26. The average Bonchev–Trinajstić information content (AvgIpc) is 2.78. The molecule has 0 radical (unpaired) electrons. The van der Waals surface area contributed by atoms with Gasteiger partial charge in [0.15, 0.2) is 0 Å². The van der Waals surface area contributed by atoms with Crippen LogP contribution in [0.2, 0.25) is 0 Å². The van der Waals surface area contributed by atoms with Gasteiger partial charge in [-0.05, 0) is 38.1 Å². The highest BCUT2D eigenvalue weighted by molar-refractivity contribution is 7.89. The van der Waals surface area contributed by atoms with E-state index in [1.807, 2.05) is 23.1 Å². The summed E-state index contributed by atoms with van der Waals surface area (Å²) in [6.45, 7) is 6.70. The van der Waals surface area contributed by atoms with Gasteiger partial charge in [-0.3, -0.25) is 9.69 Å². The highest BCUT2D eigenvalue weighted by Crippen LogP contribution is 2.32. The fourth-order valence-electron chi connectivity index (χ4n) is 4.73. The van der Waals surface area contributed by atoms with Crippen LogP contribution in [0.3, 0.4) is 0 Å². The Morgan fingerprint density at radius 2 is 1.68 bits per heavy atom. The minimum absolute atomic E-state index is 0.0744. The van der Waals surface area contributed by atoms with Gasteiger partial charge in [-0.2, -0.15) is 4.31 Å². The van der Waals surface area contributed by atoms with Crippen LogP contribution in [0.25, 0.3) is 0 Å². The van der Waals surface area contributed by atoms with Gasteiger partial charge in [0, 0.05) is 44.3 Å². The molecule has 2 aliphatic heterocycles. The van der Waals surface area contributed by atoms with Crippen molar-refractivity contribution in [2.75, 3.05) is 39.8 Å². The summed E-state index contributed by atoms with van der Waals surface area (Å²) < 4.78 is 33.5. The predicted octanol–water partition coefficient (Wildman–Crippen LogP) is 2.30. The maximum absolute atomic E-state index is 13.3. The molecule has 2 aliphatic rings. The Morgan fingerprint density at radius 1 is 1.00 bits per heavy atom. The number of hydrogen-bond donors (Lipinski definition) is 0. The molecular weight excluding hydrogens is 414 g/mol. The number of methoxy groups -OCH3 is 1. The van der Waals surface area contributed by atoms with Crippen molar-refractivity contribution in [2.45, 2.75) is 30.3 Å². The van der Waals surface area contributed by atoms with E-state index < -0.39 is 10.0 Å². The van der Waals surface area contributed by atoms with Crippen molar-refractivity contribution in [3.05, 3.63) is 60.2 Å². The van der Waals surface area contributed by atoms with E-state index in [9.17, 15) is 13.2 Å². The van der Waals surface area contributed by atoms with E-state index in [1.165, 1.54) is 0 Å². The van der Waals surface area contributed by atoms with Gasteiger partial charge >= 0.3 is 0 Å². The Labute approximate surface area is 184 Å². The van der Waals surface area contributed by atoms with E-state index in [0.29, 0.717) is 48.9 Å².